The minimum Gasteiger partial charge on any atom is -0.395 e. The van der Waals surface area contributed by atoms with Gasteiger partial charge in [-0.15, -0.1) is 0 Å². The third kappa shape index (κ3) is 2.75. The van der Waals surface area contributed by atoms with Gasteiger partial charge in [-0.3, -0.25) is 30.8 Å². The first-order valence-electron chi connectivity index (χ1n) is 4.64. The standard InChI is InChI=1S/C8H8N4O4S/c13-7(10-11-8-9-3-4-17-8)5-1-2-6(16-5)12(14)15/h1-2H,3-4H2,(H,9,11)(H,10,13). The largest absolute Gasteiger partial charge is 0.433 e. The van der Waals surface area contributed by atoms with Gasteiger partial charge in [-0.05, 0) is 6.07 Å². The van der Waals surface area contributed by atoms with Gasteiger partial charge >= 0.3 is 11.8 Å². The van der Waals surface area contributed by atoms with E-state index in [1.807, 2.05) is 0 Å². The van der Waals surface area contributed by atoms with Crippen LogP contribution in [0.1, 0.15) is 10.6 Å². The molecular formula is C8H8N4O4S. The third-order valence-corrected chi connectivity index (χ3v) is 2.76. The van der Waals surface area contributed by atoms with Crippen LogP contribution in [-0.2, 0) is 0 Å². The lowest BCUT2D eigenvalue weighted by molar-refractivity contribution is -0.402. The zero-order valence-electron chi connectivity index (χ0n) is 8.50. The summed E-state index contributed by atoms with van der Waals surface area (Å²) in [6.45, 7) is 0.703. The minimum atomic E-state index is -0.707. The monoisotopic (exact) mass is 256 g/mol. The molecule has 17 heavy (non-hydrogen) atoms. The molecule has 0 aliphatic carbocycles. The molecule has 2 rings (SSSR count). The molecule has 0 radical (unpaired) electrons. The number of nitrogens with zero attached hydrogens (tertiary/aromatic N) is 2. The summed E-state index contributed by atoms with van der Waals surface area (Å²) in [4.78, 5) is 25.2. The number of nitrogens with one attached hydrogen (secondary N) is 2. The van der Waals surface area contributed by atoms with Gasteiger partial charge in [-0.1, -0.05) is 11.8 Å². The molecule has 0 aromatic carbocycles. The van der Waals surface area contributed by atoms with Gasteiger partial charge < -0.3 is 4.42 Å². The lowest BCUT2D eigenvalue weighted by Crippen LogP contribution is -2.39. The Morgan fingerprint density at radius 1 is 1.59 bits per heavy atom. The highest BCUT2D eigenvalue weighted by molar-refractivity contribution is 8.14. The first-order chi connectivity index (χ1) is 8.16. The second-order valence-electron chi connectivity index (χ2n) is 3.01. The fraction of sp³-hybridized carbons (Fsp3) is 0.250. The van der Waals surface area contributed by atoms with Crippen LogP contribution >= 0.6 is 11.8 Å². The molecule has 1 aliphatic rings. The number of carbonyl (C=O) groups excluding carboxylic acids is 1. The molecule has 1 aromatic heterocycles. The van der Waals surface area contributed by atoms with Crippen LogP contribution in [0.5, 0.6) is 0 Å². The smallest absolute Gasteiger partial charge is 0.395 e. The quantitative estimate of drug-likeness (QED) is 0.589. The predicted octanol–water partition coefficient (Wildman–Crippen LogP) is 0.525. The van der Waals surface area contributed by atoms with Gasteiger partial charge in [0.15, 0.2) is 5.17 Å². The van der Waals surface area contributed by atoms with Crippen molar-refractivity contribution in [3.63, 3.8) is 0 Å². The first-order valence-corrected chi connectivity index (χ1v) is 5.63. The van der Waals surface area contributed by atoms with Gasteiger partial charge in [-0.2, -0.15) is 0 Å². The van der Waals surface area contributed by atoms with E-state index in [2.05, 4.69) is 15.8 Å². The van der Waals surface area contributed by atoms with E-state index < -0.39 is 16.7 Å². The molecule has 90 valence electrons. The van der Waals surface area contributed by atoms with Crippen molar-refractivity contribution in [2.45, 2.75) is 0 Å². The molecule has 2 N–H and O–H groups in total. The Morgan fingerprint density at radius 2 is 2.41 bits per heavy atom. The van der Waals surface area contributed by atoms with Crippen LogP contribution in [-0.4, -0.2) is 28.3 Å². The maximum absolute atomic E-state index is 11.5. The molecule has 8 nitrogen and oxygen atoms in total. The van der Waals surface area contributed by atoms with Crippen LogP contribution in [0.4, 0.5) is 5.88 Å². The van der Waals surface area contributed by atoms with E-state index in [4.69, 9.17) is 4.42 Å². The average molecular weight is 256 g/mol. The predicted molar refractivity (Wildman–Crippen MR) is 60.7 cm³/mol. The molecular weight excluding hydrogens is 248 g/mol. The Morgan fingerprint density at radius 3 is 3.00 bits per heavy atom. The minimum absolute atomic E-state index is 0.132. The molecule has 0 spiro atoms. The maximum Gasteiger partial charge on any atom is 0.433 e. The number of furan rings is 1. The van der Waals surface area contributed by atoms with Crippen molar-refractivity contribution < 1.29 is 14.1 Å². The normalized spacial score (nSPS) is 14.2. The van der Waals surface area contributed by atoms with Crippen LogP contribution in [0.15, 0.2) is 21.5 Å². The highest BCUT2D eigenvalue weighted by Crippen LogP contribution is 2.15. The van der Waals surface area contributed by atoms with Crippen LogP contribution in [0.2, 0.25) is 0 Å². The van der Waals surface area contributed by atoms with E-state index in [-0.39, 0.29) is 5.76 Å². The summed E-state index contributed by atoms with van der Waals surface area (Å²) >= 11 is 1.47. The third-order valence-electron chi connectivity index (χ3n) is 1.86. The number of aliphatic imine (C=N–C) groups is 1. The fourth-order valence-corrected chi connectivity index (χ4v) is 1.81. The number of hydrazine groups is 1. The molecule has 0 saturated carbocycles. The lowest BCUT2D eigenvalue weighted by atomic mass is 10.4. The van der Waals surface area contributed by atoms with E-state index >= 15 is 0 Å². The average Bonchev–Trinajstić information content (AvgIpc) is 2.96. The Labute approximate surface area is 99.6 Å². The van der Waals surface area contributed by atoms with E-state index in [9.17, 15) is 14.9 Å². The molecule has 0 bridgehead atoms. The number of nitro groups is 1. The van der Waals surface area contributed by atoms with Gasteiger partial charge in [0, 0.05) is 5.75 Å². The molecule has 1 aromatic rings. The Hall–Kier alpha value is -2.03. The zero-order chi connectivity index (χ0) is 12.3. The van der Waals surface area contributed by atoms with Crippen LogP contribution < -0.4 is 10.9 Å². The van der Waals surface area contributed by atoms with E-state index in [0.717, 1.165) is 11.8 Å². The van der Waals surface area contributed by atoms with Gasteiger partial charge in [0.2, 0.25) is 5.76 Å². The molecule has 2 heterocycles. The van der Waals surface area contributed by atoms with Gasteiger partial charge in [0.05, 0.1) is 12.6 Å². The summed E-state index contributed by atoms with van der Waals surface area (Å²) in [5, 5.41) is 11.0. The molecule has 0 atom stereocenters. The van der Waals surface area contributed by atoms with Gasteiger partial charge in [0.1, 0.15) is 4.92 Å². The van der Waals surface area contributed by atoms with Crippen LogP contribution in [0, 0.1) is 10.1 Å². The molecule has 0 saturated heterocycles. The number of thioether (sulfide) groups is 1. The van der Waals surface area contributed by atoms with E-state index in [1.54, 1.807) is 0 Å². The molecule has 1 aliphatic heterocycles. The highest BCUT2D eigenvalue weighted by Gasteiger charge is 2.17. The van der Waals surface area contributed by atoms with Crippen molar-refractivity contribution in [3.05, 3.63) is 28.0 Å². The lowest BCUT2D eigenvalue weighted by Gasteiger charge is -2.04. The summed E-state index contributed by atoms with van der Waals surface area (Å²) in [5.41, 5.74) is 4.94. The van der Waals surface area contributed by atoms with Crippen molar-refractivity contribution in [1.82, 2.24) is 10.9 Å². The highest BCUT2D eigenvalue weighted by atomic mass is 32.2. The maximum atomic E-state index is 11.5. The summed E-state index contributed by atoms with van der Waals surface area (Å²) < 4.78 is 4.72. The Bertz CT molecular complexity index is 484. The van der Waals surface area contributed by atoms with Crippen LogP contribution in [0.25, 0.3) is 0 Å². The number of amides is 1. The molecule has 1 amide bonds. The first kappa shape index (κ1) is 11.5. The second kappa shape index (κ2) is 4.87. The Kier molecular flexibility index (Phi) is 3.28. The number of carbonyl (C=O) groups is 1. The summed E-state index contributed by atoms with van der Waals surface area (Å²) in [6.07, 6.45) is 0. The van der Waals surface area contributed by atoms with Crippen molar-refractivity contribution in [2.75, 3.05) is 12.3 Å². The zero-order valence-corrected chi connectivity index (χ0v) is 9.32. The van der Waals surface area contributed by atoms with Crippen molar-refractivity contribution in [1.29, 1.82) is 0 Å². The van der Waals surface area contributed by atoms with Crippen LogP contribution in [0.3, 0.4) is 0 Å². The number of rotatable bonds is 2. The molecule has 0 unspecified atom stereocenters. The fourth-order valence-electron chi connectivity index (χ4n) is 1.13. The van der Waals surface area contributed by atoms with Crippen molar-refractivity contribution in [3.8, 4) is 0 Å². The topological polar surface area (TPSA) is 110 Å². The number of hydrogen-bond acceptors (Lipinski definition) is 7. The van der Waals surface area contributed by atoms with Crippen molar-refractivity contribution in [2.24, 2.45) is 4.99 Å². The Balaban J connectivity index is 1.92. The van der Waals surface area contributed by atoms with E-state index in [1.165, 1.54) is 17.8 Å². The van der Waals surface area contributed by atoms with Gasteiger partial charge in [0.25, 0.3) is 0 Å². The molecule has 9 heteroatoms. The summed E-state index contributed by atoms with van der Waals surface area (Å²) in [5.74, 6) is -0.325. The SMILES string of the molecule is O=C(NNC1=NCCS1)c1ccc([N+](=O)[O-])o1. The number of amidine groups is 1. The van der Waals surface area contributed by atoms with E-state index in [0.29, 0.717) is 11.7 Å². The number of hydrogen-bond donors (Lipinski definition) is 2. The summed E-state index contributed by atoms with van der Waals surface area (Å²) in [6, 6.07) is 2.36. The van der Waals surface area contributed by atoms with Crippen molar-refractivity contribution >= 4 is 28.7 Å². The summed E-state index contributed by atoms with van der Waals surface area (Å²) in [7, 11) is 0. The molecule has 0 fully saturated rings. The van der Waals surface area contributed by atoms with Gasteiger partial charge in [-0.25, -0.2) is 0 Å². The second-order valence-corrected chi connectivity index (χ2v) is 4.09.